The van der Waals surface area contributed by atoms with Crippen LogP contribution in [-0.2, 0) is 11.3 Å². The molecule has 1 atom stereocenters. The van der Waals surface area contributed by atoms with Crippen molar-refractivity contribution in [2.24, 2.45) is 0 Å². The number of hydrogen-bond donors (Lipinski definition) is 0. The van der Waals surface area contributed by atoms with E-state index in [1.165, 1.54) is 11.8 Å². The summed E-state index contributed by atoms with van der Waals surface area (Å²) in [5, 5.41) is 8.90. The van der Waals surface area contributed by atoms with E-state index >= 15 is 0 Å². The van der Waals surface area contributed by atoms with E-state index in [0.717, 1.165) is 27.7 Å². The third-order valence-corrected chi connectivity index (χ3v) is 7.20. The Morgan fingerprint density at radius 3 is 2.77 bits per heavy atom. The van der Waals surface area contributed by atoms with Gasteiger partial charge in [0.15, 0.2) is 5.16 Å². The van der Waals surface area contributed by atoms with E-state index in [2.05, 4.69) is 28.4 Å². The Hall–Kier alpha value is -2.97. The highest BCUT2D eigenvalue weighted by Gasteiger charge is 2.32. The van der Waals surface area contributed by atoms with Gasteiger partial charge in [0.1, 0.15) is 12.1 Å². The predicted molar refractivity (Wildman–Crippen MR) is 122 cm³/mol. The molecular weight excluding hydrogens is 428 g/mol. The fourth-order valence-electron chi connectivity index (χ4n) is 3.65. The molecule has 0 aliphatic carbocycles. The van der Waals surface area contributed by atoms with Crippen molar-refractivity contribution in [3.63, 3.8) is 0 Å². The third kappa shape index (κ3) is 4.26. The zero-order valence-corrected chi connectivity index (χ0v) is 18.3. The molecular formula is C23H20N4O2S2. The fraction of sp³-hybridized carbons (Fsp3) is 0.174. The van der Waals surface area contributed by atoms with E-state index in [9.17, 15) is 4.79 Å². The van der Waals surface area contributed by atoms with Gasteiger partial charge < -0.3 is 13.9 Å². The number of benzene rings is 2. The van der Waals surface area contributed by atoms with Crippen LogP contribution in [0.25, 0.3) is 0 Å². The summed E-state index contributed by atoms with van der Waals surface area (Å²) < 4.78 is 7.32. The molecule has 0 saturated heterocycles. The summed E-state index contributed by atoms with van der Waals surface area (Å²) in [6.45, 7) is 0.534. The summed E-state index contributed by atoms with van der Waals surface area (Å²) in [5.74, 6) is 1.98. The highest BCUT2D eigenvalue weighted by molar-refractivity contribution is 8.00. The van der Waals surface area contributed by atoms with Crippen LogP contribution in [-0.4, -0.2) is 32.2 Å². The van der Waals surface area contributed by atoms with Gasteiger partial charge in [-0.2, -0.15) is 0 Å². The van der Waals surface area contributed by atoms with Crippen molar-refractivity contribution >= 4 is 35.1 Å². The molecule has 6 nitrogen and oxygen atoms in total. The lowest BCUT2D eigenvalue weighted by molar-refractivity contribution is -0.116. The van der Waals surface area contributed by atoms with Gasteiger partial charge in [-0.3, -0.25) is 4.79 Å². The number of fused-ring (bicyclic) bond motifs is 1. The number of aromatic nitrogens is 3. The van der Waals surface area contributed by atoms with Crippen LogP contribution in [0, 0.1) is 0 Å². The monoisotopic (exact) mass is 448 g/mol. The molecule has 0 unspecified atom stereocenters. The molecule has 31 heavy (non-hydrogen) atoms. The Morgan fingerprint density at radius 2 is 1.94 bits per heavy atom. The minimum absolute atomic E-state index is 0.00445. The lowest BCUT2D eigenvalue weighted by Gasteiger charge is -2.37. The van der Waals surface area contributed by atoms with Crippen LogP contribution in [0.2, 0.25) is 0 Å². The molecule has 156 valence electrons. The van der Waals surface area contributed by atoms with Gasteiger partial charge in [-0.1, -0.05) is 54.2 Å². The number of carbonyl (C=O) groups is 1. The molecule has 0 N–H and O–H groups in total. The number of amides is 1. The summed E-state index contributed by atoms with van der Waals surface area (Å²) in [5.41, 5.74) is 2.11. The molecule has 1 aliphatic heterocycles. The van der Waals surface area contributed by atoms with Crippen molar-refractivity contribution in [1.29, 1.82) is 0 Å². The van der Waals surface area contributed by atoms with Gasteiger partial charge in [-0.05, 0) is 29.8 Å². The Bertz CT molecular complexity index is 1160. The van der Waals surface area contributed by atoms with E-state index in [-0.39, 0.29) is 17.7 Å². The van der Waals surface area contributed by atoms with Gasteiger partial charge >= 0.3 is 0 Å². The molecule has 0 radical (unpaired) electrons. The van der Waals surface area contributed by atoms with Crippen molar-refractivity contribution in [2.45, 2.75) is 22.6 Å². The lowest BCUT2D eigenvalue weighted by atomic mass is 10.1. The maximum atomic E-state index is 13.5. The second kappa shape index (κ2) is 9.03. The van der Waals surface area contributed by atoms with Crippen LogP contribution in [0.15, 0.2) is 93.8 Å². The number of hydrogen-bond acceptors (Lipinski definition) is 6. The first-order valence-corrected chi connectivity index (χ1v) is 11.9. The average molecular weight is 449 g/mol. The summed E-state index contributed by atoms with van der Waals surface area (Å²) in [4.78, 5) is 16.6. The normalized spacial score (nSPS) is 15.6. The smallest absolute Gasteiger partial charge is 0.238 e. The van der Waals surface area contributed by atoms with E-state index in [1.54, 1.807) is 24.4 Å². The van der Waals surface area contributed by atoms with Crippen molar-refractivity contribution in [2.75, 3.05) is 16.4 Å². The predicted octanol–water partition coefficient (Wildman–Crippen LogP) is 4.89. The Kier molecular flexibility index (Phi) is 5.82. The molecule has 4 aromatic rings. The number of nitrogens with zero attached hydrogens (tertiary/aromatic N) is 4. The van der Waals surface area contributed by atoms with Crippen LogP contribution in [0.3, 0.4) is 0 Å². The molecule has 5 rings (SSSR count). The van der Waals surface area contributed by atoms with E-state index in [0.29, 0.717) is 11.7 Å². The summed E-state index contributed by atoms with van der Waals surface area (Å²) in [7, 11) is 0. The van der Waals surface area contributed by atoms with Gasteiger partial charge in [0.25, 0.3) is 0 Å². The van der Waals surface area contributed by atoms with Crippen molar-refractivity contribution < 1.29 is 9.21 Å². The van der Waals surface area contributed by atoms with E-state index in [4.69, 9.17) is 4.42 Å². The second-order valence-corrected chi connectivity index (χ2v) is 9.08. The van der Waals surface area contributed by atoms with Crippen molar-refractivity contribution in [1.82, 2.24) is 14.8 Å². The zero-order chi connectivity index (χ0) is 21.0. The number of para-hydroxylation sites is 1. The SMILES string of the molecule is O=C(CSc1nncn1Cc1ccco1)N1c2ccccc2SC[C@H]1c1ccccc1. The highest BCUT2D eigenvalue weighted by atomic mass is 32.2. The first-order chi connectivity index (χ1) is 15.3. The lowest BCUT2D eigenvalue weighted by Crippen LogP contribution is -2.39. The maximum absolute atomic E-state index is 13.5. The molecule has 0 saturated carbocycles. The van der Waals surface area contributed by atoms with Gasteiger partial charge in [-0.15, -0.1) is 22.0 Å². The molecule has 2 aromatic carbocycles. The van der Waals surface area contributed by atoms with Crippen LogP contribution in [0.1, 0.15) is 17.4 Å². The molecule has 1 aliphatic rings. The minimum Gasteiger partial charge on any atom is -0.467 e. The standard InChI is InChI=1S/C23H20N4O2S2/c28-22(15-31-23-25-24-16-26(23)13-18-9-6-12-29-18)27-19-10-4-5-11-21(19)30-14-20(27)17-7-2-1-3-8-17/h1-12,16,20H,13-15H2/t20-/m0/s1. The van der Waals surface area contributed by atoms with Gasteiger partial charge in [0.2, 0.25) is 5.91 Å². The van der Waals surface area contributed by atoms with Crippen LogP contribution >= 0.6 is 23.5 Å². The summed E-state index contributed by atoms with van der Waals surface area (Å²) >= 11 is 3.19. The topological polar surface area (TPSA) is 64.2 Å². The van der Waals surface area contributed by atoms with Crippen molar-refractivity contribution in [3.05, 3.63) is 90.6 Å². The van der Waals surface area contributed by atoms with Gasteiger partial charge in [-0.25, -0.2) is 0 Å². The van der Waals surface area contributed by atoms with Gasteiger partial charge in [0, 0.05) is 10.6 Å². The summed E-state index contributed by atoms with van der Waals surface area (Å²) in [6.07, 6.45) is 3.31. The molecule has 8 heteroatoms. The number of carbonyl (C=O) groups excluding carboxylic acids is 1. The number of rotatable bonds is 6. The Labute approximate surface area is 188 Å². The first kappa shape index (κ1) is 20.0. The molecule has 0 fully saturated rings. The van der Waals surface area contributed by atoms with Crippen LogP contribution < -0.4 is 4.90 Å². The number of thioether (sulfide) groups is 2. The zero-order valence-electron chi connectivity index (χ0n) is 16.6. The Balaban J connectivity index is 1.37. The van der Waals surface area contributed by atoms with Crippen LogP contribution in [0.4, 0.5) is 5.69 Å². The van der Waals surface area contributed by atoms with Crippen LogP contribution in [0.5, 0.6) is 0 Å². The fourth-order valence-corrected chi connectivity index (χ4v) is 5.59. The highest BCUT2D eigenvalue weighted by Crippen LogP contribution is 2.43. The quantitative estimate of drug-likeness (QED) is 0.391. The minimum atomic E-state index is -0.00445. The van der Waals surface area contributed by atoms with Gasteiger partial charge in [0.05, 0.1) is 30.3 Å². The number of anilines is 1. The third-order valence-electron chi connectivity index (χ3n) is 5.10. The van der Waals surface area contributed by atoms with E-state index < -0.39 is 0 Å². The molecule has 1 amide bonds. The second-order valence-electron chi connectivity index (χ2n) is 7.08. The molecule has 3 heterocycles. The van der Waals surface area contributed by atoms with E-state index in [1.807, 2.05) is 58.0 Å². The van der Waals surface area contributed by atoms with Crippen molar-refractivity contribution in [3.8, 4) is 0 Å². The Morgan fingerprint density at radius 1 is 1.10 bits per heavy atom. The first-order valence-electron chi connectivity index (χ1n) is 9.91. The molecule has 0 spiro atoms. The largest absolute Gasteiger partial charge is 0.467 e. The number of furan rings is 1. The molecule has 0 bridgehead atoms. The molecule has 2 aromatic heterocycles. The maximum Gasteiger partial charge on any atom is 0.238 e. The summed E-state index contributed by atoms with van der Waals surface area (Å²) in [6, 6.07) is 22.1. The average Bonchev–Trinajstić information content (AvgIpc) is 3.50.